The predicted octanol–water partition coefficient (Wildman–Crippen LogP) is 1.19. The fraction of sp³-hybridized carbons (Fsp3) is 0.636. The molecule has 5 N–H and O–H groups in total. The van der Waals surface area contributed by atoms with Gasteiger partial charge in [0.2, 0.25) is 11.8 Å². The quantitative estimate of drug-likeness (QED) is 0.476. The Balaban J connectivity index is 1.70. The maximum absolute atomic E-state index is 13.5. The summed E-state index contributed by atoms with van der Waals surface area (Å²) in [5.74, 6) is -0.933. The Morgan fingerprint density at radius 2 is 1.87 bits per heavy atom. The number of nitrogens with one attached hydrogen (secondary N) is 1. The monoisotopic (exact) mass is 415 g/mol. The summed E-state index contributed by atoms with van der Waals surface area (Å²) in [4.78, 5) is 28.2. The van der Waals surface area contributed by atoms with Gasteiger partial charge in [-0.1, -0.05) is 43.2 Å². The van der Waals surface area contributed by atoms with Crippen molar-refractivity contribution in [1.82, 2.24) is 10.2 Å². The predicted molar refractivity (Wildman–Crippen MR) is 116 cm³/mol. The molecule has 1 aliphatic heterocycles. The molecule has 1 aliphatic carbocycles. The number of hydrogen-bond acceptors (Lipinski definition) is 5. The minimum atomic E-state index is -1.65. The molecule has 2 aliphatic rings. The molecular weight excluding hydrogens is 381 g/mol. The molecule has 0 unspecified atom stereocenters. The maximum atomic E-state index is 13.5. The van der Waals surface area contributed by atoms with E-state index in [1.165, 1.54) is 5.56 Å². The van der Waals surface area contributed by atoms with Crippen LogP contribution < -0.4 is 11.1 Å². The Hall–Kier alpha value is -1.90. The molecule has 30 heavy (non-hydrogen) atoms. The van der Waals surface area contributed by atoms with Gasteiger partial charge in [0.05, 0.1) is 5.94 Å². The van der Waals surface area contributed by atoms with Crippen LogP contribution in [0.3, 0.4) is 0 Å². The fourth-order valence-electron chi connectivity index (χ4n) is 4.95. The highest BCUT2D eigenvalue weighted by Crippen LogP contribution is 2.39. The van der Waals surface area contributed by atoms with Crippen LogP contribution in [-0.2, 0) is 9.59 Å². The third kappa shape index (κ3) is 5.42. The third-order valence-corrected chi connectivity index (χ3v) is 6.56. The van der Waals surface area contributed by atoms with Crippen molar-refractivity contribution in [2.24, 2.45) is 11.7 Å². The van der Waals surface area contributed by atoms with Crippen molar-refractivity contribution in [2.75, 3.05) is 13.1 Å². The van der Waals surface area contributed by atoms with Gasteiger partial charge in [-0.15, -0.1) is 0 Å². The van der Waals surface area contributed by atoms with E-state index < -0.39 is 19.1 Å². The van der Waals surface area contributed by atoms with Gasteiger partial charge in [-0.2, -0.15) is 0 Å². The highest BCUT2D eigenvalue weighted by Gasteiger charge is 2.41. The summed E-state index contributed by atoms with van der Waals surface area (Å²) in [6.07, 6.45) is 6.33. The summed E-state index contributed by atoms with van der Waals surface area (Å²) in [5, 5.41) is 21.9. The molecule has 0 spiro atoms. The zero-order valence-electron chi connectivity index (χ0n) is 17.6. The first-order valence-corrected chi connectivity index (χ1v) is 11.2. The first-order valence-electron chi connectivity index (χ1n) is 11.2. The maximum Gasteiger partial charge on any atom is 0.475 e. The molecule has 1 aromatic rings. The number of benzene rings is 1. The average Bonchev–Trinajstić information content (AvgIpc) is 3.26. The van der Waals surface area contributed by atoms with Crippen molar-refractivity contribution in [3.63, 3.8) is 0 Å². The first kappa shape index (κ1) is 22.8. The number of carbonyl (C=O) groups excluding carboxylic acids is 2. The van der Waals surface area contributed by atoms with Gasteiger partial charge in [-0.05, 0) is 56.6 Å². The van der Waals surface area contributed by atoms with Crippen molar-refractivity contribution in [1.29, 1.82) is 0 Å². The van der Waals surface area contributed by atoms with E-state index in [2.05, 4.69) is 17.4 Å². The molecule has 0 radical (unpaired) electrons. The molecule has 164 valence electrons. The van der Waals surface area contributed by atoms with Crippen LogP contribution in [0.25, 0.3) is 0 Å². The van der Waals surface area contributed by atoms with Crippen molar-refractivity contribution in [3.8, 4) is 0 Å². The zero-order valence-corrected chi connectivity index (χ0v) is 17.6. The van der Waals surface area contributed by atoms with Gasteiger partial charge in [0.15, 0.2) is 0 Å². The van der Waals surface area contributed by atoms with Crippen molar-refractivity contribution < 1.29 is 19.6 Å². The van der Waals surface area contributed by atoms with Gasteiger partial charge < -0.3 is 26.0 Å². The number of rotatable bonds is 8. The van der Waals surface area contributed by atoms with E-state index in [0.717, 1.165) is 32.1 Å². The molecule has 3 rings (SSSR count). The summed E-state index contributed by atoms with van der Waals surface area (Å²) in [5.41, 5.74) is 6.70. The molecule has 1 aromatic carbocycles. The standard InChI is InChI=1S/C22H34BN3O4/c24-14-6-13-20(23(29)30)25-21(27)19-12-7-15-26(19)22(28)18-11-5-4-10-17(18)16-8-2-1-3-9-16/h1-3,8-9,17-20,29-30H,4-7,10-15,24H2,(H,25,27)/t17-,18+,19-,20-/m0/s1. The van der Waals surface area contributed by atoms with E-state index >= 15 is 0 Å². The molecule has 7 nitrogen and oxygen atoms in total. The third-order valence-electron chi connectivity index (χ3n) is 6.56. The van der Waals surface area contributed by atoms with Crippen LogP contribution in [0.2, 0.25) is 0 Å². The SMILES string of the molecule is NCCC[C@H](NC(=O)[C@@H]1CCCN1C(=O)[C@@H]1CCCC[C@H]1c1ccccc1)B(O)O. The lowest BCUT2D eigenvalue weighted by atomic mass is 9.74. The largest absolute Gasteiger partial charge is 0.475 e. The number of likely N-dealkylation sites (tertiary alicyclic amines) is 1. The van der Waals surface area contributed by atoms with Gasteiger partial charge in [0, 0.05) is 12.5 Å². The highest BCUT2D eigenvalue weighted by atomic mass is 16.4. The lowest BCUT2D eigenvalue weighted by Crippen LogP contribution is -2.54. The van der Waals surface area contributed by atoms with Crippen molar-refractivity contribution >= 4 is 18.9 Å². The molecule has 0 bridgehead atoms. The Bertz CT molecular complexity index is 703. The Morgan fingerprint density at radius 3 is 2.57 bits per heavy atom. The van der Waals surface area contributed by atoms with Crippen LogP contribution in [0, 0.1) is 5.92 Å². The summed E-state index contributed by atoms with van der Waals surface area (Å²) in [6.45, 7) is 0.986. The number of nitrogens with two attached hydrogens (primary N) is 1. The molecule has 8 heteroatoms. The summed E-state index contributed by atoms with van der Waals surface area (Å²) < 4.78 is 0. The second kappa shape index (κ2) is 10.9. The molecule has 2 fully saturated rings. The molecule has 1 saturated heterocycles. The van der Waals surface area contributed by atoms with E-state index in [9.17, 15) is 19.6 Å². The van der Waals surface area contributed by atoms with Crippen LogP contribution in [0.5, 0.6) is 0 Å². The van der Waals surface area contributed by atoms with E-state index in [-0.39, 0.29) is 23.7 Å². The molecule has 0 aromatic heterocycles. The zero-order chi connectivity index (χ0) is 21.5. The Kier molecular flexibility index (Phi) is 8.30. The molecule has 1 saturated carbocycles. The van der Waals surface area contributed by atoms with E-state index in [1.54, 1.807) is 4.90 Å². The van der Waals surface area contributed by atoms with Gasteiger partial charge >= 0.3 is 7.12 Å². The minimum Gasteiger partial charge on any atom is -0.426 e. The summed E-state index contributed by atoms with van der Waals surface area (Å²) >= 11 is 0. The average molecular weight is 415 g/mol. The normalized spacial score (nSPS) is 25.0. The Morgan fingerprint density at radius 1 is 1.13 bits per heavy atom. The van der Waals surface area contributed by atoms with Crippen LogP contribution in [-0.4, -0.2) is 59.0 Å². The molecular formula is C22H34BN3O4. The second-order valence-electron chi connectivity index (χ2n) is 8.56. The minimum absolute atomic E-state index is 0.0595. The molecule has 4 atom stereocenters. The van der Waals surface area contributed by atoms with Gasteiger partial charge in [0.25, 0.3) is 0 Å². The van der Waals surface area contributed by atoms with Crippen LogP contribution >= 0.6 is 0 Å². The van der Waals surface area contributed by atoms with E-state index in [1.807, 2.05) is 18.2 Å². The van der Waals surface area contributed by atoms with Crippen molar-refractivity contribution in [2.45, 2.75) is 69.3 Å². The number of hydrogen-bond donors (Lipinski definition) is 4. The number of nitrogens with zero attached hydrogens (tertiary/aromatic N) is 1. The summed E-state index contributed by atoms with van der Waals surface area (Å²) in [6, 6.07) is 9.65. The number of amides is 2. The van der Waals surface area contributed by atoms with Crippen molar-refractivity contribution in [3.05, 3.63) is 35.9 Å². The lowest BCUT2D eigenvalue weighted by Gasteiger charge is -2.35. The van der Waals surface area contributed by atoms with Crippen LogP contribution in [0.1, 0.15) is 62.8 Å². The smallest absolute Gasteiger partial charge is 0.426 e. The molecule has 2 amide bonds. The van der Waals surface area contributed by atoms with E-state index in [4.69, 9.17) is 5.73 Å². The van der Waals surface area contributed by atoms with E-state index in [0.29, 0.717) is 32.4 Å². The second-order valence-corrected chi connectivity index (χ2v) is 8.56. The van der Waals surface area contributed by atoms with Crippen LogP contribution in [0.15, 0.2) is 30.3 Å². The lowest BCUT2D eigenvalue weighted by molar-refractivity contribution is -0.143. The van der Waals surface area contributed by atoms with Crippen LogP contribution in [0.4, 0.5) is 0 Å². The summed E-state index contributed by atoms with van der Waals surface area (Å²) in [7, 11) is -1.65. The number of carbonyl (C=O) groups is 2. The Labute approximate surface area is 179 Å². The topological polar surface area (TPSA) is 116 Å². The highest BCUT2D eigenvalue weighted by molar-refractivity contribution is 6.43. The van der Waals surface area contributed by atoms with Gasteiger partial charge in [-0.3, -0.25) is 9.59 Å². The molecule has 1 heterocycles. The van der Waals surface area contributed by atoms with Gasteiger partial charge in [-0.25, -0.2) is 0 Å². The first-order chi connectivity index (χ1) is 14.5. The van der Waals surface area contributed by atoms with Gasteiger partial charge in [0.1, 0.15) is 6.04 Å². The fourth-order valence-corrected chi connectivity index (χ4v) is 4.95.